The number of benzene rings is 2. The summed E-state index contributed by atoms with van der Waals surface area (Å²) in [6.07, 6.45) is 0.315. The Hall–Kier alpha value is -2.03. The van der Waals surface area contributed by atoms with Crippen LogP contribution in [0, 0.1) is 11.2 Å². The summed E-state index contributed by atoms with van der Waals surface area (Å²) in [5.74, 6) is -0.690. The van der Waals surface area contributed by atoms with Crippen LogP contribution in [0.2, 0.25) is 0 Å². The Morgan fingerprint density at radius 1 is 1.18 bits per heavy atom. The van der Waals surface area contributed by atoms with E-state index in [1.165, 1.54) is 19.2 Å². The van der Waals surface area contributed by atoms with Crippen molar-refractivity contribution in [3.8, 4) is 5.75 Å². The third-order valence-electron chi connectivity index (χ3n) is 4.58. The number of sulfonamides is 1. The number of ether oxygens (including phenoxy) is 1. The van der Waals surface area contributed by atoms with Crippen molar-refractivity contribution in [2.24, 2.45) is 5.41 Å². The Labute approximate surface area is 172 Å². The van der Waals surface area contributed by atoms with E-state index in [9.17, 15) is 17.6 Å². The molecule has 0 bridgehead atoms. The molecule has 1 aliphatic rings. The first-order chi connectivity index (χ1) is 13.0. The van der Waals surface area contributed by atoms with Crippen LogP contribution in [0.1, 0.15) is 13.3 Å². The van der Waals surface area contributed by atoms with Gasteiger partial charge in [0.05, 0.1) is 23.1 Å². The van der Waals surface area contributed by atoms with Crippen molar-refractivity contribution in [2.45, 2.75) is 22.6 Å². The van der Waals surface area contributed by atoms with Crippen LogP contribution in [0.5, 0.6) is 5.75 Å². The maximum atomic E-state index is 13.1. The van der Waals surface area contributed by atoms with Gasteiger partial charge in [-0.05, 0) is 55.8 Å². The predicted molar refractivity (Wildman–Crippen MR) is 106 cm³/mol. The van der Waals surface area contributed by atoms with Crippen LogP contribution < -0.4 is 14.8 Å². The zero-order valence-electron chi connectivity index (χ0n) is 14.9. The average molecular weight is 447 g/mol. The highest BCUT2D eigenvalue weighted by atomic mass is 35.5. The highest BCUT2D eigenvalue weighted by Crippen LogP contribution is 2.64. The van der Waals surface area contributed by atoms with Crippen molar-refractivity contribution in [1.82, 2.24) is 0 Å². The summed E-state index contributed by atoms with van der Waals surface area (Å²) in [5, 5.41) is 2.68. The van der Waals surface area contributed by atoms with Gasteiger partial charge in [0.1, 0.15) is 15.9 Å². The van der Waals surface area contributed by atoms with Crippen molar-refractivity contribution in [3.05, 3.63) is 48.3 Å². The molecule has 10 heteroatoms. The topological polar surface area (TPSA) is 84.5 Å². The summed E-state index contributed by atoms with van der Waals surface area (Å²) in [6.45, 7) is 1.64. The predicted octanol–water partition coefficient (Wildman–Crippen LogP) is 4.16. The van der Waals surface area contributed by atoms with Crippen LogP contribution >= 0.6 is 23.2 Å². The molecule has 1 unspecified atom stereocenters. The molecule has 0 heterocycles. The molecule has 2 aromatic rings. The molecule has 150 valence electrons. The summed E-state index contributed by atoms with van der Waals surface area (Å²) in [4.78, 5) is 12.3. The smallest absolute Gasteiger partial charge is 0.262 e. The van der Waals surface area contributed by atoms with Gasteiger partial charge >= 0.3 is 0 Å². The molecule has 0 radical (unpaired) electrons. The first kappa shape index (κ1) is 20.7. The molecule has 0 saturated heterocycles. The summed E-state index contributed by atoms with van der Waals surface area (Å²) in [5.41, 5.74) is -0.488. The molecule has 0 spiro atoms. The minimum absolute atomic E-state index is 0.105. The van der Waals surface area contributed by atoms with Crippen LogP contribution in [-0.4, -0.2) is 25.8 Å². The number of nitrogens with one attached hydrogen (secondary N) is 2. The average Bonchev–Trinajstić information content (AvgIpc) is 3.14. The van der Waals surface area contributed by atoms with Gasteiger partial charge < -0.3 is 10.1 Å². The molecule has 3 rings (SSSR count). The van der Waals surface area contributed by atoms with Crippen molar-refractivity contribution in [3.63, 3.8) is 0 Å². The Bertz CT molecular complexity index is 1030. The molecule has 1 aliphatic carbocycles. The number of methoxy groups -OCH3 is 1. The van der Waals surface area contributed by atoms with Gasteiger partial charge in [0, 0.05) is 5.69 Å². The lowest BCUT2D eigenvalue weighted by Gasteiger charge is -2.16. The number of hydrogen-bond donors (Lipinski definition) is 2. The van der Waals surface area contributed by atoms with Gasteiger partial charge in [0.15, 0.2) is 0 Å². The minimum atomic E-state index is -3.99. The SMILES string of the molecule is COc1ccc(NC(=O)C2(C)CC2(Cl)Cl)cc1NS(=O)(=O)c1ccc(F)cc1. The maximum absolute atomic E-state index is 13.1. The molecule has 2 aromatic carbocycles. The number of amides is 1. The molecule has 1 saturated carbocycles. The Morgan fingerprint density at radius 3 is 2.32 bits per heavy atom. The second-order valence-electron chi connectivity index (χ2n) is 6.64. The van der Waals surface area contributed by atoms with Gasteiger partial charge in [0.25, 0.3) is 10.0 Å². The van der Waals surface area contributed by atoms with Crippen molar-refractivity contribution < 1.29 is 22.3 Å². The lowest BCUT2D eigenvalue weighted by molar-refractivity contribution is -0.120. The third kappa shape index (κ3) is 3.90. The van der Waals surface area contributed by atoms with Gasteiger partial charge in [-0.2, -0.15) is 0 Å². The number of anilines is 2. The highest BCUT2D eigenvalue weighted by Gasteiger charge is 2.67. The molecule has 0 aromatic heterocycles. The molecular formula is C18H17Cl2FN2O4S. The normalized spacial score (nSPS) is 20.3. The molecule has 1 fully saturated rings. The van der Waals surface area contributed by atoms with E-state index < -0.39 is 25.6 Å². The second-order valence-corrected chi connectivity index (χ2v) is 9.81. The summed E-state index contributed by atoms with van der Waals surface area (Å²) in [7, 11) is -2.62. The maximum Gasteiger partial charge on any atom is 0.262 e. The van der Waals surface area contributed by atoms with E-state index in [1.54, 1.807) is 13.0 Å². The van der Waals surface area contributed by atoms with Gasteiger partial charge in [-0.15, -0.1) is 23.2 Å². The van der Waals surface area contributed by atoms with Crippen molar-refractivity contribution in [2.75, 3.05) is 17.1 Å². The van der Waals surface area contributed by atoms with Gasteiger partial charge in [-0.25, -0.2) is 12.8 Å². The lowest BCUT2D eigenvalue weighted by Crippen LogP contribution is -2.26. The Morgan fingerprint density at radius 2 is 1.79 bits per heavy atom. The summed E-state index contributed by atoms with van der Waals surface area (Å²) in [6, 6.07) is 8.85. The number of rotatable bonds is 6. The first-order valence-electron chi connectivity index (χ1n) is 8.14. The number of hydrogen-bond acceptors (Lipinski definition) is 4. The molecule has 28 heavy (non-hydrogen) atoms. The standard InChI is InChI=1S/C18H17Cl2FN2O4S/c1-17(10-18(17,19)20)16(24)22-12-5-8-15(27-2)14(9-12)23-28(25,26)13-6-3-11(21)4-7-13/h3-9,23H,10H2,1-2H3,(H,22,24). The van der Waals surface area contributed by atoms with Crippen molar-refractivity contribution in [1.29, 1.82) is 0 Å². The van der Waals surface area contributed by atoms with Crippen molar-refractivity contribution >= 4 is 50.5 Å². The quantitative estimate of drug-likeness (QED) is 0.652. The molecule has 2 N–H and O–H groups in total. The zero-order valence-corrected chi connectivity index (χ0v) is 17.3. The summed E-state index contributed by atoms with van der Waals surface area (Å²) < 4.78 is 44.6. The molecule has 1 amide bonds. The lowest BCUT2D eigenvalue weighted by atomic mass is 10.1. The van der Waals surface area contributed by atoms with Gasteiger partial charge in [-0.1, -0.05) is 0 Å². The third-order valence-corrected chi connectivity index (χ3v) is 7.07. The van der Waals surface area contributed by atoms with Crippen LogP contribution in [0.4, 0.5) is 15.8 Å². The largest absolute Gasteiger partial charge is 0.495 e. The summed E-state index contributed by atoms with van der Waals surface area (Å²) >= 11 is 12.0. The number of carbonyl (C=O) groups is 1. The van der Waals surface area contributed by atoms with Gasteiger partial charge in [0.2, 0.25) is 5.91 Å². The second kappa shape index (κ2) is 7.09. The zero-order chi connectivity index (χ0) is 20.7. The Kier molecular flexibility index (Phi) is 5.24. The van der Waals surface area contributed by atoms with E-state index in [-0.39, 0.29) is 22.2 Å². The van der Waals surface area contributed by atoms with Crippen LogP contribution in [0.15, 0.2) is 47.4 Å². The molecule has 6 nitrogen and oxygen atoms in total. The van der Waals surface area contributed by atoms with Crippen LogP contribution in [0.25, 0.3) is 0 Å². The van der Waals surface area contributed by atoms with E-state index in [1.807, 2.05) is 0 Å². The first-order valence-corrected chi connectivity index (χ1v) is 10.4. The molecule has 1 atom stereocenters. The highest BCUT2D eigenvalue weighted by molar-refractivity contribution is 7.92. The number of carbonyl (C=O) groups excluding carboxylic acids is 1. The number of halogens is 3. The van der Waals surface area contributed by atoms with E-state index in [0.717, 1.165) is 24.3 Å². The van der Waals surface area contributed by atoms with Crippen LogP contribution in [-0.2, 0) is 14.8 Å². The van der Waals surface area contributed by atoms with E-state index in [4.69, 9.17) is 27.9 Å². The fraction of sp³-hybridized carbons (Fsp3) is 0.278. The Balaban J connectivity index is 1.85. The fourth-order valence-corrected chi connectivity index (χ4v) is 4.37. The van der Waals surface area contributed by atoms with Crippen LogP contribution in [0.3, 0.4) is 0 Å². The van der Waals surface area contributed by atoms with Gasteiger partial charge in [-0.3, -0.25) is 9.52 Å². The molecular weight excluding hydrogens is 430 g/mol. The fourth-order valence-electron chi connectivity index (χ4n) is 2.60. The monoisotopic (exact) mass is 446 g/mol. The number of alkyl halides is 2. The van der Waals surface area contributed by atoms with E-state index in [2.05, 4.69) is 10.0 Å². The van der Waals surface area contributed by atoms with E-state index >= 15 is 0 Å². The van der Waals surface area contributed by atoms with E-state index in [0.29, 0.717) is 12.1 Å². The minimum Gasteiger partial charge on any atom is -0.495 e. The molecule has 0 aliphatic heterocycles.